The van der Waals surface area contributed by atoms with E-state index in [4.69, 9.17) is 0 Å². The minimum atomic E-state index is -0.199. The number of carbonyl (C=O) groups is 2. The zero-order chi connectivity index (χ0) is 18.5. The van der Waals surface area contributed by atoms with Crippen molar-refractivity contribution in [1.82, 2.24) is 10.2 Å². The van der Waals surface area contributed by atoms with E-state index < -0.39 is 0 Å². The summed E-state index contributed by atoms with van der Waals surface area (Å²) in [6.07, 6.45) is 7.14. The van der Waals surface area contributed by atoms with Crippen LogP contribution in [0.4, 0.5) is 0 Å². The van der Waals surface area contributed by atoms with Gasteiger partial charge in [0.25, 0.3) is 0 Å². The van der Waals surface area contributed by atoms with Gasteiger partial charge in [-0.2, -0.15) is 0 Å². The third-order valence-electron chi connectivity index (χ3n) is 5.60. The molecule has 2 fully saturated rings. The van der Waals surface area contributed by atoms with Crippen molar-refractivity contribution in [3.05, 3.63) is 23.8 Å². The van der Waals surface area contributed by atoms with E-state index in [0.717, 1.165) is 6.54 Å². The average Bonchev–Trinajstić information content (AvgIpc) is 2.63. The molecule has 0 unspecified atom stereocenters. The molecule has 2 amide bonds. The van der Waals surface area contributed by atoms with Crippen molar-refractivity contribution in [1.29, 1.82) is 0 Å². The average molecular weight is 360 g/mol. The summed E-state index contributed by atoms with van der Waals surface area (Å²) >= 11 is 0. The third kappa shape index (κ3) is 4.68. The Morgan fingerprint density at radius 1 is 1.15 bits per heavy atom. The largest absolute Gasteiger partial charge is 0.508 e. The predicted octanol–water partition coefficient (Wildman–Crippen LogP) is 2.53. The van der Waals surface area contributed by atoms with E-state index in [2.05, 4.69) is 5.32 Å². The zero-order valence-corrected chi connectivity index (χ0v) is 15.1. The summed E-state index contributed by atoms with van der Waals surface area (Å²) in [7, 11) is 0. The van der Waals surface area contributed by atoms with Crippen LogP contribution in [0.1, 0.15) is 50.5 Å². The van der Waals surface area contributed by atoms with Crippen molar-refractivity contribution < 1.29 is 19.8 Å². The molecule has 0 spiro atoms. The van der Waals surface area contributed by atoms with Crippen LogP contribution in [0.15, 0.2) is 18.2 Å². The van der Waals surface area contributed by atoms with Crippen LogP contribution >= 0.6 is 0 Å². The summed E-state index contributed by atoms with van der Waals surface area (Å²) < 4.78 is 0. The maximum absolute atomic E-state index is 12.5. The molecule has 3 N–H and O–H groups in total. The fourth-order valence-corrected chi connectivity index (χ4v) is 4.02. The predicted molar refractivity (Wildman–Crippen MR) is 97.5 cm³/mol. The smallest absolute Gasteiger partial charge is 0.225 e. The quantitative estimate of drug-likeness (QED) is 0.753. The van der Waals surface area contributed by atoms with Gasteiger partial charge in [0.05, 0.1) is 5.92 Å². The molecule has 0 radical (unpaired) electrons. The molecule has 1 saturated carbocycles. The van der Waals surface area contributed by atoms with Gasteiger partial charge in [-0.25, -0.2) is 0 Å². The van der Waals surface area contributed by atoms with E-state index in [-0.39, 0.29) is 35.8 Å². The number of likely N-dealkylation sites (tertiary alicyclic amines) is 1. The molecule has 1 aromatic rings. The summed E-state index contributed by atoms with van der Waals surface area (Å²) in [5.74, 6) is 0.401. The maximum Gasteiger partial charge on any atom is 0.225 e. The van der Waals surface area contributed by atoms with Crippen LogP contribution in [0.5, 0.6) is 11.5 Å². The molecule has 2 aliphatic rings. The van der Waals surface area contributed by atoms with Gasteiger partial charge in [0, 0.05) is 37.7 Å². The standard InChI is InChI=1S/C20H28N2O4/c23-17-8-6-15(18(24)10-17)11-21-20(26)16-7-9-19(25)22(13-16)12-14-4-2-1-3-5-14/h6,8,10,14,16,23-24H,1-5,7,9,11-13H2,(H,21,26)/t16-/m1/s1. The Bertz CT molecular complexity index is 655. The highest BCUT2D eigenvalue weighted by molar-refractivity contribution is 5.83. The number of carbonyl (C=O) groups excluding carboxylic acids is 2. The van der Waals surface area contributed by atoms with E-state index in [1.807, 2.05) is 4.90 Å². The fourth-order valence-electron chi connectivity index (χ4n) is 4.02. The third-order valence-corrected chi connectivity index (χ3v) is 5.60. The number of phenolic OH excluding ortho intramolecular Hbond substituents is 2. The van der Waals surface area contributed by atoms with Gasteiger partial charge < -0.3 is 20.4 Å². The number of aromatic hydroxyl groups is 2. The monoisotopic (exact) mass is 360 g/mol. The molecular formula is C20H28N2O4. The molecule has 1 aliphatic heterocycles. The normalized spacial score (nSPS) is 21.6. The Hall–Kier alpha value is -2.24. The molecule has 1 aromatic carbocycles. The van der Waals surface area contributed by atoms with E-state index in [0.29, 0.717) is 30.9 Å². The molecule has 0 aromatic heterocycles. The Morgan fingerprint density at radius 3 is 2.65 bits per heavy atom. The topological polar surface area (TPSA) is 89.9 Å². The van der Waals surface area contributed by atoms with E-state index >= 15 is 0 Å². The first kappa shape index (κ1) is 18.5. The number of nitrogens with zero attached hydrogens (tertiary/aromatic N) is 1. The van der Waals surface area contributed by atoms with Crippen LogP contribution in [0.2, 0.25) is 0 Å². The van der Waals surface area contributed by atoms with Crippen LogP contribution in [-0.2, 0) is 16.1 Å². The Balaban J connectivity index is 1.52. The lowest BCUT2D eigenvalue weighted by Gasteiger charge is -2.35. The molecule has 26 heavy (non-hydrogen) atoms. The Labute approximate surface area is 154 Å². The van der Waals surface area contributed by atoms with Gasteiger partial charge in [0.15, 0.2) is 0 Å². The van der Waals surface area contributed by atoms with Gasteiger partial charge in [-0.3, -0.25) is 9.59 Å². The molecule has 1 saturated heterocycles. The number of hydrogen-bond donors (Lipinski definition) is 3. The Kier molecular flexibility index (Phi) is 6.01. The molecular weight excluding hydrogens is 332 g/mol. The van der Waals surface area contributed by atoms with Crippen LogP contribution < -0.4 is 5.32 Å². The van der Waals surface area contributed by atoms with Gasteiger partial charge in [-0.05, 0) is 37.3 Å². The van der Waals surface area contributed by atoms with Crippen LogP contribution in [-0.4, -0.2) is 40.0 Å². The molecule has 1 heterocycles. The van der Waals surface area contributed by atoms with Crippen molar-refractivity contribution in [3.8, 4) is 11.5 Å². The highest BCUT2D eigenvalue weighted by Crippen LogP contribution is 2.27. The number of amides is 2. The number of nitrogens with one attached hydrogen (secondary N) is 1. The van der Waals surface area contributed by atoms with Gasteiger partial charge in [-0.15, -0.1) is 0 Å². The molecule has 142 valence electrons. The lowest BCUT2D eigenvalue weighted by atomic mass is 9.87. The molecule has 3 rings (SSSR count). The lowest BCUT2D eigenvalue weighted by molar-refractivity contribution is -0.139. The van der Waals surface area contributed by atoms with Crippen molar-refractivity contribution in [2.24, 2.45) is 11.8 Å². The van der Waals surface area contributed by atoms with E-state index in [1.165, 1.54) is 44.2 Å². The fraction of sp³-hybridized carbons (Fsp3) is 0.600. The molecule has 1 aliphatic carbocycles. The van der Waals surface area contributed by atoms with Crippen molar-refractivity contribution in [2.75, 3.05) is 13.1 Å². The highest BCUT2D eigenvalue weighted by Gasteiger charge is 2.31. The number of rotatable bonds is 5. The molecule has 0 bridgehead atoms. The summed E-state index contributed by atoms with van der Waals surface area (Å²) in [6, 6.07) is 4.32. The summed E-state index contributed by atoms with van der Waals surface area (Å²) in [5, 5.41) is 22.0. The van der Waals surface area contributed by atoms with Crippen LogP contribution in [0, 0.1) is 11.8 Å². The number of hydrogen-bond acceptors (Lipinski definition) is 4. The first-order valence-corrected chi connectivity index (χ1v) is 9.59. The zero-order valence-electron chi connectivity index (χ0n) is 15.1. The number of benzene rings is 1. The molecule has 6 heteroatoms. The number of phenols is 2. The SMILES string of the molecule is O=C(NCc1ccc(O)cc1O)[C@@H]1CCC(=O)N(CC2CCCCC2)C1. The van der Waals surface area contributed by atoms with E-state index in [1.54, 1.807) is 6.07 Å². The second kappa shape index (κ2) is 8.43. The second-order valence-electron chi connectivity index (χ2n) is 7.57. The number of piperidine rings is 1. The first-order chi connectivity index (χ1) is 12.5. The van der Waals surface area contributed by atoms with Crippen LogP contribution in [0.25, 0.3) is 0 Å². The summed E-state index contributed by atoms with van der Waals surface area (Å²) in [6.45, 7) is 1.47. The highest BCUT2D eigenvalue weighted by atomic mass is 16.3. The van der Waals surface area contributed by atoms with E-state index in [9.17, 15) is 19.8 Å². The summed E-state index contributed by atoms with van der Waals surface area (Å²) in [4.78, 5) is 26.6. The van der Waals surface area contributed by atoms with Gasteiger partial charge in [0.1, 0.15) is 11.5 Å². The van der Waals surface area contributed by atoms with Gasteiger partial charge >= 0.3 is 0 Å². The lowest BCUT2D eigenvalue weighted by Crippen LogP contribution is -2.47. The minimum absolute atomic E-state index is 0.0123. The van der Waals surface area contributed by atoms with Gasteiger partial charge in [0.2, 0.25) is 11.8 Å². The molecule has 6 nitrogen and oxygen atoms in total. The maximum atomic E-state index is 12.5. The van der Waals surface area contributed by atoms with Crippen molar-refractivity contribution in [2.45, 2.75) is 51.5 Å². The van der Waals surface area contributed by atoms with Crippen molar-refractivity contribution >= 4 is 11.8 Å². The van der Waals surface area contributed by atoms with Gasteiger partial charge in [-0.1, -0.05) is 19.3 Å². The second-order valence-corrected chi connectivity index (χ2v) is 7.57. The Morgan fingerprint density at radius 2 is 1.92 bits per heavy atom. The molecule has 1 atom stereocenters. The minimum Gasteiger partial charge on any atom is -0.508 e. The summed E-state index contributed by atoms with van der Waals surface area (Å²) in [5.41, 5.74) is 0.557. The van der Waals surface area contributed by atoms with Crippen LogP contribution in [0.3, 0.4) is 0 Å². The van der Waals surface area contributed by atoms with Crippen molar-refractivity contribution in [3.63, 3.8) is 0 Å². The first-order valence-electron chi connectivity index (χ1n) is 9.59.